The molecular formula is C20H23N5O2. The number of morpholine rings is 1. The first-order valence-electron chi connectivity index (χ1n) is 9.12. The highest BCUT2D eigenvalue weighted by Gasteiger charge is 2.21. The maximum atomic E-state index is 12.0. The summed E-state index contributed by atoms with van der Waals surface area (Å²) in [6.07, 6.45) is 5.10. The number of hydrogen-bond donors (Lipinski definition) is 1. The van der Waals surface area contributed by atoms with E-state index in [1.165, 1.54) is 10.1 Å². The molecule has 0 saturated carbocycles. The second-order valence-electron chi connectivity index (χ2n) is 6.83. The predicted molar refractivity (Wildman–Crippen MR) is 105 cm³/mol. The Labute approximate surface area is 157 Å². The van der Waals surface area contributed by atoms with Crippen LogP contribution in [0.25, 0.3) is 10.9 Å². The van der Waals surface area contributed by atoms with Gasteiger partial charge in [0.2, 0.25) is 0 Å². The highest BCUT2D eigenvalue weighted by Crippen LogP contribution is 2.16. The summed E-state index contributed by atoms with van der Waals surface area (Å²) >= 11 is 0. The number of hydrogen-bond acceptors (Lipinski definition) is 6. The van der Waals surface area contributed by atoms with Crippen LogP contribution in [0.4, 0.5) is 5.82 Å². The number of aryl methyl sites for hydroxylation is 1. The minimum atomic E-state index is -0.130. The zero-order valence-electron chi connectivity index (χ0n) is 15.3. The first kappa shape index (κ1) is 17.6. The molecule has 7 heteroatoms. The number of ether oxygens (including phenoxy) is 1. The second-order valence-corrected chi connectivity index (χ2v) is 6.83. The number of benzene rings is 1. The molecule has 3 heterocycles. The number of rotatable bonds is 5. The zero-order valence-corrected chi connectivity index (χ0v) is 15.3. The Morgan fingerprint density at radius 1 is 1.26 bits per heavy atom. The van der Waals surface area contributed by atoms with Crippen LogP contribution in [0, 0.1) is 0 Å². The SMILES string of the molecule is Cn1ccnc(NCC2CN(Cc3ccc4ncccc4c3)CCO2)c1=O. The number of anilines is 1. The van der Waals surface area contributed by atoms with Crippen LogP contribution in [-0.2, 0) is 18.3 Å². The van der Waals surface area contributed by atoms with Crippen LogP contribution < -0.4 is 10.9 Å². The molecule has 1 unspecified atom stereocenters. The van der Waals surface area contributed by atoms with Gasteiger partial charge in [0, 0.05) is 57.2 Å². The third-order valence-electron chi connectivity index (χ3n) is 4.81. The molecule has 0 amide bonds. The fraction of sp³-hybridized carbons (Fsp3) is 0.350. The van der Waals surface area contributed by atoms with Crippen LogP contribution in [0.1, 0.15) is 5.56 Å². The van der Waals surface area contributed by atoms with E-state index in [0.29, 0.717) is 19.0 Å². The quantitative estimate of drug-likeness (QED) is 0.741. The summed E-state index contributed by atoms with van der Waals surface area (Å²) in [5, 5.41) is 4.29. The van der Waals surface area contributed by atoms with Crippen molar-refractivity contribution in [1.29, 1.82) is 0 Å². The minimum Gasteiger partial charge on any atom is -0.374 e. The summed E-state index contributed by atoms with van der Waals surface area (Å²) in [5.74, 6) is 0.364. The first-order chi connectivity index (χ1) is 13.2. The van der Waals surface area contributed by atoms with Gasteiger partial charge in [0.05, 0.1) is 18.2 Å². The lowest BCUT2D eigenvalue weighted by atomic mass is 10.1. The molecular weight excluding hydrogens is 342 g/mol. The van der Waals surface area contributed by atoms with Gasteiger partial charge in [-0.3, -0.25) is 14.7 Å². The summed E-state index contributed by atoms with van der Waals surface area (Å²) in [7, 11) is 1.72. The van der Waals surface area contributed by atoms with E-state index in [1.54, 1.807) is 19.4 Å². The van der Waals surface area contributed by atoms with Crippen LogP contribution in [0.5, 0.6) is 0 Å². The number of fused-ring (bicyclic) bond motifs is 1. The van der Waals surface area contributed by atoms with E-state index in [2.05, 4.69) is 44.5 Å². The van der Waals surface area contributed by atoms with E-state index in [0.717, 1.165) is 30.5 Å². The number of nitrogens with zero attached hydrogens (tertiary/aromatic N) is 4. The van der Waals surface area contributed by atoms with Crippen molar-refractivity contribution in [1.82, 2.24) is 19.4 Å². The molecule has 4 rings (SSSR count). The van der Waals surface area contributed by atoms with Gasteiger partial charge in [-0.1, -0.05) is 12.1 Å². The van der Waals surface area contributed by atoms with Gasteiger partial charge in [0.1, 0.15) is 0 Å². The van der Waals surface area contributed by atoms with Crippen LogP contribution >= 0.6 is 0 Å². The van der Waals surface area contributed by atoms with Gasteiger partial charge in [-0.25, -0.2) is 4.98 Å². The molecule has 1 fully saturated rings. The lowest BCUT2D eigenvalue weighted by Gasteiger charge is -2.33. The Balaban J connectivity index is 1.37. The molecule has 0 bridgehead atoms. The van der Waals surface area contributed by atoms with Crippen molar-refractivity contribution in [2.24, 2.45) is 7.05 Å². The molecule has 1 aromatic carbocycles. The third kappa shape index (κ3) is 4.15. The molecule has 3 aromatic rings. The molecule has 0 spiro atoms. The average Bonchev–Trinajstić information content (AvgIpc) is 2.69. The maximum absolute atomic E-state index is 12.0. The summed E-state index contributed by atoms with van der Waals surface area (Å²) < 4.78 is 7.37. The van der Waals surface area contributed by atoms with Crippen molar-refractivity contribution in [2.75, 3.05) is 31.6 Å². The standard InChI is InChI=1S/C20H23N5O2/c1-24-8-7-22-19(20(24)26)23-12-17-14-25(9-10-27-17)13-15-4-5-18-16(11-15)3-2-6-21-18/h2-8,11,17H,9-10,12-14H2,1H3,(H,22,23). The molecule has 27 heavy (non-hydrogen) atoms. The highest BCUT2D eigenvalue weighted by atomic mass is 16.5. The summed E-state index contributed by atoms with van der Waals surface area (Å²) in [4.78, 5) is 22.9. The largest absolute Gasteiger partial charge is 0.374 e. The molecule has 0 aliphatic carbocycles. The van der Waals surface area contributed by atoms with Crippen LogP contribution in [0.2, 0.25) is 0 Å². The maximum Gasteiger partial charge on any atom is 0.293 e. The van der Waals surface area contributed by atoms with Crippen LogP contribution in [0.15, 0.2) is 53.7 Å². The van der Waals surface area contributed by atoms with Gasteiger partial charge in [-0.05, 0) is 23.8 Å². The first-order valence-corrected chi connectivity index (χ1v) is 9.12. The molecule has 1 aliphatic heterocycles. The van der Waals surface area contributed by atoms with E-state index in [-0.39, 0.29) is 11.7 Å². The Morgan fingerprint density at radius 3 is 3.11 bits per heavy atom. The van der Waals surface area contributed by atoms with Crippen molar-refractivity contribution >= 4 is 16.7 Å². The van der Waals surface area contributed by atoms with Gasteiger partial charge >= 0.3 is 0 Å². The molecule has 140 valence electrons. The van der Waals surface area contributed by atoms with E-state index in [1.807, 2.05) is 12.3 Å². The highest BCUT2D eigenvalue weighted by molar-refractivity contribution is 5.78. The molecule has 1 N–H and O–H groups in total. The van der Waals surface area contributed by atoms with Crippen LogP contribution in [0.3, 0.4) is 0 Å². The summed E-state index contributed by atoms with van der Waals surface area (Å²) in [6, 6.07) is 10.5. The van der Waals surface area contributed by atoms with E-state index < -0.39 is 0 Å². The van der Waals surface area contributed by atoms with Crippen molar-refractivity contribution in [2.45, 2.75) is 12.6 Å². The summed E-state index contributed by atoms with van der Waals surface area (Å²) in [6.45, 7) is 3.82. The van der Waals surface area contributed by atoms with Gasteiger partial charge < -0.3 is 14.6 Å². The molecule has 7 nitrogen and oxygen atoms in total. The van der Waals surface area contributed by atoms with Gasteiger partial charge in [0.25, 0.3) is 5.56 Å². The van der Waals surface area contributed by atoms with Crippen LogP contribution in [-0.4, -0.2) is 51.8 Å². The minimum absolute atomic E-state index is 0.0209. The fourth-order valence-corrected chi connectivity index (χ4v) is 3.36. The normalized spacial score (nSPS) is 17.9. The zero-order chi connectivity index (χ0) is 18.6. The Kier molecular flexibility index (Phi) is 5.13. The van der Waals surface area contributed by atoms with E-state index >= 15 is 0 Å². The third-order valence-corrected chi connectivity index (χ3v) is 4.81. The predicted octanol–water partition coefficient (Wildman–Crippen LogP) is 1.64. The van der Waals surface area contributed by atoms with E-state index in [4.69, 9.17) is 4.74 Å². The molecule has 1 atom stereocenters. The fourth-order valence-electron chi connectivity index (χ4n) is 3.36. The molecule has 2 aromatic heterocycles. The van der Waals surface area contributed by atoms with Gasteiger partial charge in [-0.2, -0.15) is 0 Å². The average molecular weight is 365 g/mol. The Morgan fingerprint density at radius 2 is 2.19 bits per heavy atom. The monoisotopic (exact) mass is 365 g/mol. The lowest BCUT2D eigenvalue weighted by molar-refractivity contribution is -0.0240. The lowest BCUT2D eigenvalue weighted by Crippen LogP contribution is -2.45. The smallest absolute Gasteiger partial charge is 0.293 e. The molecule has 1 saturated heterocycles. The van der Waals surface area contributed by atoms with Crippen molar-refractivity contribution in [3.8, 4) is 0 Å². The second kappa shape index (κ2) is 7.85. The number of aromatic nitrogens is 3. The molecule has 0 radical (unpaired) electrons. The number of pyridine rings is 1. The molecule has 1 aliphatic rings. The summed E-state index contributed by atoms with van der Waals surface area (Å²) in [5.41, 5.74) is 2.15. The van der Waals surface area contributed by atoms with E-state index in [9.17, 15) is 4.79 Å². The van der Waals surface area contributed by atoms with Gasteiger partial charge in [0.15, 0.2) is 5.82 Å². The topological polar surface area (TPSA) is 72.3 Å². The Hall–Kier alpha value is -2.77. The Bertz CT molecular complexity index is 987. The van der Waals surface area contributed by atoms with Crippen molar-refractivity contribution in [3.05, 3.63) is 64.8 Å². The number of nitrogens with one attached hydrogen (secondary N) is 1. The van der Waals surface area contributed by atoms with Crippen molar-refractivity contribution in [3.63, 3.8) is 0 Å². The van der Waals surface area contributed by atoms with Gasteiger partial charge in [-0.15, -0.1) is 0 Å². The van der Waals surface area contributed by atoms with Crippen molar-refractivity contribution < 1.29 is 4.74 Å².